The molecular formula is C28H35N7O. The molecule has 36 heavy (non-hydrogen) atoms. The maximum atomic E-state index is 13.8. The fraction of sp³-hybridized carbons (Fsp3) is 0.464. The smallest absolute Gasteiger partial charge is 0.295 e. The van der Waals surface area contributed by atoms with Crippen LogP contribution in [-0.2, 0) is 13.0 Å². The summed E-state index contributed by atoms with van der Waals surface area (Å²) in [5.74, 6) is 0.630. The molecule has 0 radical (unpaired) electrons. The summed E-state index contributed by atoms with van der Waals surface area (Å²) >= 11 is 0. The van der Waals surface area contributed by atoms with Crippen LogP contribution in [-0.4, -0.2) is 34.7 Å². The molecule has 0 saturated heterocycles. The summed E-state index contributed by atoms with van der Waals surface area (Å²) in [6, 6.07) is 12.4. The van der Waals surface area contributed by atoms with Crippen molar-refractivity contribution in [1.82, 2.24) is 34.7 Å². The minimum absolute atomic E-state index is 0.0908. The highest BCUT2D eigenvalue weighted by molar-refractivity contribution is 5.70. The first-order chi connectivity index (χ1) is 17.5. The summed E-state index contributed by atoms with van der Waals surface area (Å²) < 4.78 is 3.98. The summed E-state index contributed by atoms with van der Waals surface area (Å²) in [6.45, 7) is 7.27. The predicted octanol–water partition coefficient (Wildman–Crippen LogP) is 5.42. The molecule has 1 N–H and O–H groups in total. The van der Waals surface area contributed by atoms with Crippen molar-refractivity contribution in [3.63, 3.8) is 0 Å². The average molecular weight is 486 g/mol. The van der Waals surface area contributed by atoms with Crippen molar-refractivity contribution >= 4 is 0 Å². The number of aromatic nitrogens is 7. The van der Waals surface area contributed by atoms with Gasteiger partial charge in [-0.25, -0.2) is 9.89 Å². The Hall–Kier alpha value is -3.55. The molecule has 8 nitrogen and oxygen atoms in total. The number of nitrogens with zero attached hydrogens (tertiary/aromatic N) is 6. The largest absolute Gasteiger partial charge is 0.328 e. The second-order valence-corrected chi connectivity index (χ2v) is 10.6. The summed E-state index contributed by atoms with van der Waals surface area (Å²) in [5.41, 5.74) is 5.21. The highest BCUT2D eigenvalue weighted by Gasteiger charge is 2.35. The van der Waals surface area contributed by atoms with E-state index in [1.807, 2.05) is 33.5 Å². The Kier molecular flexibility index (Phi) is 6.85. The van der Waals surface area contributed by atoms with Crippen LogP contribution in [0.1, 0.15) is 76.7 Å². The van der Waals surface area contributed by atoms with E-state index in [9.17, 15) is 4.79 Å². The van der Waals surface area contributed by atoms with E-state index in [-0.39, 0.29) is 17.1 Å². The van der Waals surface area contributed by atoms with Crippen molar-refractivity contribution in [2.75, 3.05) is 0 Å². The molecule has 188 valence electrons. The van der Waals surface area contributed by atoms with Gasteiger partial charge in [0.15, 0.2) is 5.82 Å². The van der Waals surface area contributed by atoms with E-state index in [1.54, 1.807) is 0 Å². The Morgan fingerprint density at radius 3 is 2.72 bits per heavy atom. The average Bonchev–Trinajstić information content (AvgIpc) is 3.52. The summed E-state index contributed by atoms with van der Waals surface area (Å²) in [6.07, 6.45) is 11.7. The van der Waals surface area contributed by atoms with Gasteiger partial charge in [-0.2, -0.15) is 0 Å². The topological polar surface area (TPSA) is 94.3 Å². The molecule has 1 atom stereocenters. The first-order valence-corrected chi connectivity index (χ1v) is 13.1. The van der Waals surface area contributed by atoms with Crippen LogP contribution in [0.2, 0.25) is 0 Å². The zero-order valence-corrected chi connectivity index (χ0v) is 21.4. The number of nitrogens with one attached hydrogen (secondary N) is 1. The zero-order valence-electron chi connectivity index (χ0n) is 21.4. The fourth-order valence-corrected chi connectivity index (χ4v) is 5.52. The molecule has 8 heteroatoms. The molecule has 1 aromatic carbocycles. The maximum absolute atomic E-state index is 13.8. The third kappa shape index (κ3) is 4.90. The Bertz CT molecular complexity index is 1370. The van der Waals surface area contributed by atoms with Crippen molar-refractivity contribution in [1.29, 1.82) is 0 Å². The predicted molar refractivity (Wildman–Crippen MR) is 141 cm³/mol. The SMILES string of the molecule is CCCCc1cn(C2CCCCC2(C)C)c(=O)n1Cc1cc(-c2cccc(-c3nnn[nH]3)c2)ccn1. The van der Waals surface area contributed by atoms with Gasteiger partial charge in [0.1, 0.15) is 0 Å². The number of tetrazole rings is 1. The number of aromatic amines is 1. The number of H-pyrrole nitrogens is 1. The van der Waals surface area contributed by atoms with Gasteiger partial charge in [0.25, 0.3) is 0 Å². The van der Waals surface area contributed by atoms with Crippen molar-refractivity contribution < 1.29 is 0 Å². The number of rotatable bonds is 8. The lowest BCUT2D eigenvalue weighted by molar-refractivity contribution is 0.140. The van der Waals surface area contributed by atoms with Gasteiger partial charge in [-0.15, -0.1) is 5.10 Å². The molecular weight excluding hydrogens is 450 g/mol. The Labute approximate surface area is 211 Å². The second kappa shape index (κ2) is 10.2. The minimum atomic E-state index is 0.0908. The van der Waals surface area contributed by atoms with E-state index in [1.165, 1.54) is 12.8 Å². The highest BCUT2D eigenvalue weighted by Crippen LogP contribution is 2.43. The van der Waals surface area contributed by atoms with E-state index < -0.39 is 0 Å². The molecule has 1 aliphatic carbocycles. The molecule has 3 heterocycles. The zero-order chi connectivity index (χ0) is 25.1. The van der Waals surface area contributed by atoms with Gasteiger partial charge in [0.05, 0.1) is 12.2 Å². The van der Waals surface area contributed by atoms with Crippen LogP contribution in [0, 0.1) is 5.41 Å². The van der Waals surface area contributed by atoms with E-state index in [0.29, 0.717) is 12.4 Å². The van der Waals surface area contributed by atoms with Crippen molar-refractivity contribution in [2.24, 2.45) is 5.41 Å². The first kappa shape index (κ1) is 24.2. The molecule has 1 fully saturated rings. The van der Waals surface area contributed by atoms with Crippen molar-refractivity contribution in [3.05, 3.63) is 70.7 Å². The van der Waals surface area contributed by atoms with Gasteiger partial charge in [-0.3, -0.25) is 14.1 Å². The quantitative estimate of drug-likeness (QED) is 0.359. The summed E-state index contributed by atoms with van der Waals surface area (Å²) in [5, 5.41) is 14.2. The second-order valence-electron chi connectivity index (χ2n) is 10.6. The van der Waals surface area contributed by atoms with Crippen LogP contribution < -0.4 is 5.69 Å². The van der Waals surface area contributed by atoms with E-state index in [4.69, 9.17) is 0 Å². The molecule has 0 bridgehead atoms. The van der Waals surface area contributed by atoms with E-state index in [0.717, 1.165) is 60.2 Å². The van der Waals surface area contributed by atoms with Gasteiger partial charge >= 0.3 is 5.69 Å². The van der Waals surface area contributed by atoms with Gasteiger partial charge in [-0.1, -0.05) is 58.2 Å². The first-order valence-electron chi connectivity index (χ1n) is 13.1. The lowest BCUT2D eigenvalue weighted by atomic mass is 9.73. The van der Waals surface area contributed by atoms with Crippen LogP contribution >= 0.6 is 0 Å². The molecule has 5 rings (SSSR count). The lowest BCUT2D eigenvalue weighted by Crippen LogP contribution is -2.37. The fourth-order valence-electron chi connectivity index (χ4n) is 5.52. The van der Waals surface area contributed by atoms with E-state index >= 15 is 0 Å². The Balaban J connectivity index is 1.47. The molecule has 1 unspecified atom stereocenters. The van der Waals surface area contributed by atoms with E-state index in [2.05, 4.69) is 70.8 Å². The summed E-state index contributed by atoms with van der Waals surface area (Å²) in [7, 11) is 0. The molecule has 1 saturated carbocycles. The van der Waals surface area contributed by atoms with Crippen molar-refractivity contribution in [3.8, 4) is 22.5 Å². The van der Waals surface area contributed by atoms with Crippen LogP contribution in [0.5, 0.6) is 0 Å². The molecule has 4 aromatic rings. The van der Waals surface area contributed by atoms with Gasteiger partial charge in [0.2, 0.25) is 0 Å². The van der Waals surface area contributed by atoms with Crippen LogP contribution in [0.15, 0.2) is 53.6 Å². The number of pyridine rings is 1. The molecule has 3 aromatic heterocycles. The number of benzene rings is 1. The standard InChI is InChI=1S/C28H35N7O/c1-4-5-11-24-19-35(25-12-6-7-14-28(25,2)3)27(36)34(24)18-23-17-21(13-15-29-23)20-9-8-10-22(16-20)26-30-32-33-31-26/h8-10,13,15-17,19,25H,4-7,11-12,14,18H2,1-3H3,(H,30,31,32,33). The lowest BCUT2D eigenvalue weighted by Gasteiger charge is -2.38. The minimum Gasteiger partial charge on any atom is -0.295 e. The summed E-state index contributed by atoms with van der Waals surface area (Å²) in [4.78, 5) is 18.4. The molecule has 0 spiro atoms. The normalized spacial score (nSPS) is 17.4. The number of hydrogen-bond donors (Lipinski definition) is 1. The third-order valence-corrected chi connectivity index (χ3v) is 7.61. The number of aryl methyl sites for hydroxylation is 1. The molecule has 0 amide bonds. The Morgan fingerprint density at radius 1 is 1.11 bits per heavy atom. The van der Waals surface area contributed by atoms with Crippen LogP contribution in [0.4, 0.5) is 0 Å². The van der Waals surface area contributed by atoms with Gasteiger partial charge in [-0.05, 0) is 70.9 Å². The third-order valence-electron chi connectivity index (χ3n) is 7.61. The van der Waals surface area contributed by atoms with Gasteiger partial charge < -0.3 is 0 Å². The number of imidazole rings is 1. The van der Waals surface area contributed by atoms with Crippen LogP contribution in [0.25, 0.3) is 22.5 Å². The van der Waals surface area contributed by atoms with Crippen molar-refractivity contribution in [2.45, 2.75) is 78.3 Å². The maximum Gasteiger partial charge on any atom is 0.328 e. The van der Waals surface area contributed by atoms with Crippen LogP contribution in [0.3, 0.4) is 0 Å². The molecule has 1 aliphatic rings. The number of unbranched alkanes of at least 4 members (excludes halogenated alkanes) is 1. The van der Waals surface area contributed by atoms with Gasteiger partial charge in [0, 0.05) is 29.7 Å². The Morgan fingerprint density at radius 2 is 1.94 bits per heavy atom. The highest BCUT2D eigenvalue weighted by atomic mass is 16.1. The number of hydrogen-bond acceptors (Lipinski definition) is 5. The molecule has 0 aliphatic heterocycles. The monoisotopic (exact) mass is 485 g/mol.